The van der Waals surface area contributed by atoms with Gasteiger partial charge in [-0.15, -0.1) is 24.8 Å². The zero-order valence-corrected chi connectivity index (χ0v) is 12.1. The van der Waals surface area contributed by atoms with Gasteiger partial charge in [-0.05, 0) is 19.1 Å². The van der Waals surface area contributed by atoms with Gasteiger partial charge in [-0.25, -0.2) is 0 Å². The van der Waals surface area contributed by atoms with Crippen molar-refractivity contribution in [1.82, 2.24) is 10.3 Å². The molecule has 1 heterocycles. The molecule has 18 heavy (non-hydrogen) atoms. The van der Waals surface area contributed by atoms with Crippen molar-refractivity contribution < 1.29 is 9.53 Å². The molecule has 0 aliphatic rings. The fraction of sp³-hybridized carbons (Fsp3) is 0.455. The maximum atomic E-state index is 11.5. The maximum absolute atomic E-state index is 11.5. The number of rotatable bonds is 6. The van der Waals surface area contributed by atoms with Crippen molar-refractivity contribution in [2.24, 2.45) is 0 Å². The summed E-state index contributed by atoms with van der Waals surface area (Å²) in [7, 11) is 1.63. The van der Waals surface area contributed by atoms with Gasteiger partial charge < -0.3 is 15.4 Å². The molecule has 1 aromatic rings. The summed E-state index contributed by atoms with van der Waals surface area (Å²) in [6.45, 7) is 3.43. The number of nitrogens with one attached hydrogen (secondary N) is 2. The third-order valence-electron chi connectivity index (χ3n) is 1.95. The number of hydrogen-bond donors (Lipinski definition) is 2. The zero-order valence-electron chi connectivity index (χ0n) is 10.4. The molecule has 0 spiro atoms. The summed E-state index contributed by atoms with van der Waals surface area (Å²) in [6, 6.07) is 3.59. The highest BCUT2D eigenvalue weighted by molar-refractivity contribution is 5.92. The van der Waals surface area contributed by atoms with E-state index in [0.717, 1.165) is 11.4 Å². The lowest BCUT2D eigenvalue weighted by Crippen LogP contribution is -2.30. The number of nitrogens with zero attached hydrogens (tertiary/aromatic N) is 1. The van der Waals surface area contributed by atoms with Crippen molar-refractivity contribution in [3.8, 4) is 0 Å². The first-order valence-electron chi connectivity index (χ1n) is 5.14. The number of carbonyl (C=O) groups is 1. The second-order valence-electron chi connectivity index (χ2n) is 3.40. The topological polar surface area (TPSA) is 63.2 Å². The van der Waals surface area contributed by atoms with E-state index < -0.39 is 0 Å². The summed E-state index contributed by atoms with van der Waals surface area (Å²) in [4.78, 5) is 15.5. The summed E-state index contributed by atoms with van der Waals surface area (Å²) < 4.78 is 4.86. The molecule has 0 aliphatic heterocycles. The number of methoxy groups -OCH3 is 1. The van der Waals surface area contributed by atoms with Crippen molar-refractivity contribution >= 4 is 36.4 Å². The van der Waals surface area contributed by atoms with Gasteiger partial charge in [0.25, 0.3) is 0 Å². The fourth-order valence-electron chi connectivity index (χ4n) is 1.20. The molecular weight excluding hydrogens is 277 g/mol. The molecule has 0 saturated heterocycles. The van der Waals surface area contributed by atoms with E-state index in [0.29, 0.717) is 13.2 Å². The quantitative estimate of drug-likeness (QED) is 0.779. The molecular formula is C11H19Cl2N3O2. The standard InChI is InChI=1S/C11H17N3O2.2ClH/c1-9-7-10(3-4-13-9)14-11(15)8-12-5-6-16-2;;/h3-4,7,12H,5-6,8H2,1-2H3,(H,13,14,15);2*1H. The van der Waals surface area contributed by atoms with Gasteiger partial charge in [0, 0.05) is 31.2 Å². The molecule has 0 radical (unpaired) electrons. The highest BCUT2D eigenvalue weighted by Gasteiger charge is 2.01. The normalized spacial score (nSPS) is 9.00. The van der Waals surface area contributed by atoms with E-state index >= 15 is 0 Å². The molecule has 1 amide bonds. The van der Waals surface area contributed by atoms with Crippen LogP contribution in [0.15, 0.2) is 18.3 Å². The highest BCUT2D eigenvalue weighted by Crippen LogP contribution is 2.06. The van der Waals surface area contributed by atoms with Gasteiger partial charge in [0.05, 0.1) is 13.2 Å². The summed E-state index contributed by atoms with van der Waals surface area (Å²) in [6.07, 6.45) is 1.67. The largest absolute Gasteiger partial charge is 0.383 e. The van der Waals surface area contributed by atoms with Crippen molar-refractivity contribution in [1.29, 1.82) is 0 Å². The smallest absolute Gasteiger partial charge is 0.238 e. The molecule has 0 atom stereocenters. The summed E-state index contributed by atoms with van der Waals surface area (Å²) in [5, 5.41) is 5.75. The van der Waals surface area contributed by atoms with E-state index in [-0.39, 0.29) is 37.3 Å². The average Bonchev–Trinajstić information content (AvgIpc) is 2.24. The first kappa shape index (κ1) is 19.5. The van der Waals surface area contributed by atoms with E-state index in [2.05, 4.69) is 15.6 Å². The Morgan fingerprint density at radius 1 is 1.44 bits per heavy atom. The number of aryl methyl sites for hydroxylation is 1. The van der Waals surface area contributed by atoms with Crippen molar-refractivity contribution in [2.75, 3.05) is 32.1 Å². The molecule has 1 aromatic heterocycles. The Morgan fingerprint density at radius 3 is 2.78 bits per heavy atom. The highest BCUT2D eigenvalue weighted by atomic mass is 35.5. The van der Waals surface area contributed by atoms with E-state index in [1.165, 1.54) is 0 Å². The third kappa shape index (κ3) is 8.25. The monoisotopic (exact) mass is 295 g/mol. The minimum Gasteiger partial charge on any atom is -0.383 e. The molecule has 1 rings (SSSR count). The van der Waals surface area contributed by atoms with Crippen molar-refractivity contribution in [3.05, 3.63) is 24.0 Å². The lowest BCUT2D eigenvalue weighted by Gasteiger charge is -2.06. The van der Waals surface area contributed by atoms with Crippen LogP contribution < -0.4 is 10.6 Å². The summed E-state index contributed by atoms with van der Waals surface area (Å²) in [5.41, 5.74) is 1.65. The number of ether oxygens (including phenoxy) is 1. The van der Waals surface area contributed by atoms with Crippen LogP contribution in [0.1, 0.15) is 5.69 Å². The molecule has 0 aromatic carbocycles. The van der Waals surface area contributed by atoms with Gasteiger partial charge in [0.15, 0.2) is 0 Å². The maximum Gasteiger partial charge on any atom is 0.238 e. The Balaban J connectivity index is 0. The predicted octanol–water partition coefficient (Wildman–Crippen LogP) is 1.41. The number of amides is 1. The van der Waals surface area contributed by atoms with Gasteiger partial charge in [0.2, 0.25) is 5.91 Å². The van der Waals surface area contributed by atoms with E-state index in [1.54, 1.807) is 19.4 Å². The lowest BCUT2D eigenvalue weighted by molar-refractivity contribution is -0.115. The molecule has 5 nitrogen and oxygen atoms in total. The van der Waals surface area contributed by atoms with Gasteiger partial charge in [-0.2, -0.15) is 0 Å². The molecule has 0 aliphatic carbocycles. The number of pyridine rings is 1. The lowest BCUT2D eigenvalue weighted by atomic mass is 10.3. The fourth-order valence-corrected chi connectivity index (χ4v) is 1.20. The van der Waals surface area contributed by atoms with Crippen LogP contribution in [0.3, 0.4) is 0 Å². The molecule has 104 valence electrons. The number of hydrogen-bond acceptors (Lipinski definition) is 4. The van der Waals surface area contributed by atoms with Crippen LogP contribution in [-0.2, 0) is 9.53 Å². The first-order chi connectivity index (χ1) is 7.72. The molecule has 7 heteroatoms. The minimum absolute atomic E-state index is 0. The number of halogens is 2. The Hall–Kier alpha value is -0.880. The minimum atomic E-state index is -0.0679. The third-order valence-corrected chi connectivity index (χ3v) is 1.95. The zero-order chi connectivity index (χ0) is 11.8. The second kappa shape index (κ2) is 11.2. The summed E-state index contributed by atoms with van der Waals surface area (Å²) in [5.74, 6) is -0.0679. The number of aromatic nitrogens is 1. The van der Waals surface area contributed by atoms with E-state index in [4.69, 9.17) is 4.74 Å². The van der Waals surface area contributed by atoms with Crippen LogP contribution in [-0.4, -0.2) is 37.7 Å². The molecule has 2 N–H and O–H groups in total. The SMILES string of the molecule is COCCNCC(=O)Nc1ccnc(C)c1.Cl.Cl. The van der Waals surface area contributed by atoms with Crippen LogP contribution in [0.2, 0.25) is 0 Å². The molecule has 0 bridgehead atoms. The Kier molecular flexibility index (Phi) is 12.1. The van der Waals surface area contributed by atoms with E-state index in [9.17, 15) is 4.79 Å². The Bertz CT molecular complexity index is 351. The number of carbonyl (C=O) groups excluding carboxylic acids is 1. The van der Waals surface area contributed by atoms with Crippen molar-refractivity contribution in [3.63, 3.8) is 0 Å². The van der Waals surface area contributed by atoms with Crippen LogP contribution in [0.5, 0.6) is 0 Å². The second-order valence-corrected chi connectivity index (χ2v) is 3.40. The van der Waals surface area contributed by atoms with Gasteiger partial charge in [-0.3, -0.25) is 9.78 Å². The van der Waals surface area contributed by atoms with E-state index in [1.807, 2.05) is 13.0 Å². The molecule has 0 unspecified atom stereocenters. The predicted molar refractivity (Wildman–Crippen MR) is 76.8 cm³/mol. The van der Waals surface area contributed by atoms with Gasteiger partial charge in [-0.1, -0.05) is 0 Å². The van der Waals surface area contributed by atoms with Crippen LogP contribution >= 0.6 is 24.8 Å². The Morgan fingerprint density at radius 2 is 2.17 bits per heavy atom. The van der Waals surface area contributed by atoms with Crippen LogP contribution in [0, 0.1) is 6.92 Å². The van der Waals surface area contributed by atoms with Crippen LogP contribution in [0.25, 0.3) is 0 Å². The van der Waals surface area contributed by atoms with Crippen molar-refractivity contribution in [2.45, 2.75) is 6.92 Å². The molecule has 0 saturated carbocycles. The van der Waals surface area contributed by atoms with Gasteiger partial charge >= 0.3 is 0 Å². The van der Waals surface area contributed by atoms with Crippen LogP contribution in [0.4, 0.5) is 5.69 Å². The molecule has 0 fully saturated rings. The Labute approximate surface area is 120 Å². The average molecular weight is 296 g/mol. The first-order valence-corrected chi connectivity index (χ1v) is 5.14. The van der Waals surface area contributed by atoms with Gasteiger partial charge in [0.1, 0.15) is 0 Å². The number of anilines is 1. The summed E-state index contributed by atoms with van der Waals surface area (Å²) >= 11 is 0.